The van der Waals surface area contributed by atoms with Crippen molar-refractivity contribution in [3.8, 4) is 11.1 Å². The van der Waals surface area contributed by atoms with Gasteiger partial charge in [0.1, 0.15) is 0 Å². The Hall–Kier alpha value is -3.03. The Kier molecular flexibility index (Phi) is 5.73. The molecule has 0 fully saturated rings. The molecule has 0 aliphatic carbocycles. The van der Waals surface area contributed by atoms with Gasteiger partial charge in [0.25, 0.3) is 0 Å². The van der Waals surface area contributed by atoms with Crippen molar-refractivity contribution in [2.45, 2.75) is 38.5 Å². The number of aromatic nitrogens is 6. The summed E-state index contributed by atoms with van der Waals surface area (Å²) in [5.41, 5.74) is 3.10. The molecule has 1 aromatic carbocycles. The van der Waals surface area contributed by atoms with Crippen molar-refractivity contribution < 1.29 is 9.90 Å². The van der Waals surface area contributed by atoms with Crippen LogP contribution in [0.5, 0.6) is 0 Å². The average Bonchev–Trinajstić information content (AvgIpc) is 3.35. The normalized spacial score (nSPS) is 13.4. The summed E-state index contributed by atoms with van der Waals surface area (Å²) < 4.78 is 0. The number of aromatic amines is 2. The Morgan fingerprint density at radius 3 is 2.62 bits per heavy atom. The lowest BCUT2D eigenvalue weighted by Gasteiger charge is -2.21. The average molecular weight is 354 g/mol. The van der Waals surface area contributed by atoms with Gasteiger partial charge < -0.3 is 5.11 Å². The van der Waals surface area contributed by atoms with Crippen molar-refractivity contribution >= 4 is 5.97 Å². The highest BCUT2D eigenvalue weighted by Gasteiger charge is 2.32. The van der Waals surface area contributed by atoms with Crippen molar-refractivity contribution in [2.24, 2.45) is 5.92 Å². The Labute approximate surface area is 151 Å². The monoisotopic (exact) mass is 354 g/mol. The zero-order valence-corrected chi connectivity index (χ0v) is 14.6. The number of hydrogen-bond acceptors (Lipinski definition) is 5. The van der Waals surface area contributed by atoms with E-state index in [4.69, 9.17) is 0 Å². The molecule has 26 heavy (non-hydrogen) atoms. The summed E-state index contributed by atoms with van der Waals surface area (Å²) in [6.45, 7) is 2.05. The second-order valence-corrected chi connectivity index (χ2v) is 6.35. The number of H-pyrrole nitrogens is 2. The standard InChI is InChI=1S/C18H22N6O2/c1-2-3-4-15(18(25)26)16(17-21-23-24-22-17)9-12-5-7-13(8-6-12)14-10-19-20-11-14/h5-8,10-11,15-16H,2-4,9H2,1H3,(H,19,20)(H,25,26)(H,21,22,23,24)/t15-,16-/m1/s1. The molecule has 3 rings (SSSR count). The first kappa shape index (κ1) is 17.8. The zero-order chi connectivity index (χ0) is 18.4. The van der Waals surface area contributed by atoms with E-state index in [2.05, 4.69) is 37.7 Å². The molecule has 3 N–H and O–H groups in total. The van der Waals surface area contributed by atoms with Crippen molar-refractivity contribution in [1.82, 2.24) is 30.8 Å². The first-order valence-corrected chi connectivity index (χ1v) is 8.73. The first-order chi connectivity index (χ1) is 12.7. The molecule has 136 valence electrons. The summed E-state index contributed by atoms with van der Waals surface area (Å²) >= 11 is 0. The van der Waals surface area contributed by atoms with Gasteiger partial charge in [-0.1, -0.05) is 49.2 Å². The van der Waals surface area contributed by atoms with E-state index in [9.17, 15) is 9.90 Å². The number of nitrogens with one attached hydrogen (secondary N) is 2. The molecule has 2 heterocycles. The molecule has 0 saturated carbocycles. The van der Waals surface area contributed by atoms with Crippen LogP contribution in [-0.2, 0) is 11.2 Å². The van der Waals surface area contributed by atoms with Crippen LogP contribution in [0.3, 0.4) is 0 Å². The molecule has 0 spiro atoms. The molecular formula is C18H22N6O2. The number of hydrogen-bond donors (Lipinski definition) is 3. The Balaban J connectivity index is 1.82. The molecule has 0 aliphatic rings. The third-order valence-corrected chi connectivity index (χ3v) is 4.61. The SMILES string of the molecule is CCCC[C@@H](C(=O)O)[C@@H](Cc1ccc(-c2cn[nH]c2)cc1)c1nn[nH]n1. The van der Waals surface area contributed by atoms with Crippen LogP contribution in [0.15, 0.2) is 36.7 Å². The Morgan fingerprint density at radius 2 is 2.04 bits per heavy atom. The zero-order valence-electron chi connectivity index (χ0n) is 14.6. The maximum atomic E-state index is 11.8. The highest BCUT2D eigenvalue weighted by molar-refractivity contribution is 5.71. The van der Waals surface area contributed by atoms with E-state index in [1.54, 1.807) is 6.20 Å². The molecule has 0 unspecified atom stereocenters. The number of carboxylic acids is 1. The van der Waals surface area contributed by atoms with E-state index in [0.29, 0.717) is 18.7 Å². The van der Waals surface area contributed by atoms with Gasteiger partial charge in [-0.3, -0.25) is 9.89 Å². The first-order valence-electron chi connectivity index (χ1n) is 8.73. The fourth-order valence-corrected chi connectivity index (χ4v) is 3.16. The second-order valence-electron chi connectivity index (χ2n) is 6.35. The molecule has 0 radical (unpaired) electrons. The third-order valence-electron chi connectivity index (χ3n) is 4.61. The molecule has 3 aromatic rings. The topological polar surface area (TPSA) is 120 Å². The lowest BCUT2D eigenvalue weighted by molar-refractivity contribution is -0.143. The van der Waals surface area contributed by atoms with Gasteiger partial charge in [0.15, 0.2) is 5.82 Å². The molecule has 0 amide bonds. The number of carbonyl (C=O) groups is 1. The van der Waals surface area contributed by atoms with Gasteiger partial charge in [0.05, 0.1) is 12.1 Å². The number of aliphatic carboxylic acids is 1. The predicted molar refractivity (Wildman–Crippen MR) is 95.3 cm³/mol. The molecule has 8 heteroatoms. The molecule has 0 saturated heterocycles. The smallest absolute Gasteiger partial charge is 0.307 e. The second kappa shape index (κ2) is 8.37. The van der Waals surface area contributed by atoms with Gasteiger partial charge in [-0.05, 0) is 24.0 Å². The minimum absolute atomic E-state index is 0.322. The maximum Gasteiger partial charge on any atom is 0.307 e. The van der Waals surface area contributed by atoms with Crippen molar-refractivity contribution in [3.63, 3.8) is 0 Å². The van der Waals surface area contributed by atoms with Crippen LogP contribution in [0.25, 0.3) is 11.1 Å². The van der Waals surface area contributed by atoms with Gasteiger partial charge in [-0.2, -0.15) is 10.3 Å². The summed E-state index contributed by atoms with van der Waals surface area (Å²) in [5, 5.41) is 30.6. The number of unbranched alkanes of at least 4 members (excludes halogenated alkanes) is 1. The van der Waals surface area contributed by atoms with Gasteiger partial charge >= 0.3 is 5.97 Å². The van der Waals surface area contributed by atoms with E-state index in [0.717, 1.165) is 29.5 Å². The van der Waals surface area contributed by atoms with Crippen molar-refractivity contribution in [3.05, 3.63) is 48.0 Å². The minimum Gasteiger partial charge on any atom is -0.481 e. The fraction of sp³-hybridized carbons (Fsp3) is 0.389. The van der Waals surface area contributed by atoms with E-state index >= 15 is 0 Å². The van der Waals surface area contributed by atoms with Crippen molar-refractivity contribution in [1.29, 1.82) is 0 Å². The number of carboxylic acid groups (broad SMARTS) is 1. The summed E-state index contributed by atoms with van der Waals surface area (Å²) in [4.78, 5) is 11.8. The van der Waals surface area contributed by atoms with Crippen LogP contribution in [0.2, 0.25) is 0 Å². The number of rotatable bonds is 9. The minimum atomic E-state index is -0.816. The molecule has 8 nitrogen and oxygen atoms in total. The van der Waals surface area contributed by atoms with Gasteiger partial charge in [0, 0.05) is 17.7 Å². The van der Waals surface area contributed by atoms with Gasteiger partial charge in [-0.25, -0.2) is 0 Å². The fourth-order valence-electron chi connectivity index (χ4n) is 3.16. The molecule has 2 aromatic heterocycles. The molecule has 2 atom stereocenters. The highest BCUT2D eigenvalue weighted by atomic mass is 16.4. The summed E-state index contributed by atoms with van der Waals surface area (Å²) in [7, 11) is 0. The molecule has 0 bridgehead atoms. The predicted octanol–water partition coefficient (Wildman–Crippen LogP) is 2.81. The number of benzene rings is 1. The largest absolute Gasteiger partial charge is 0.481 e. The lowest BCUT2D eigenvalue weighted by atomic mass is 9.83. The highest BCUT2D eigenvalue weighted by Crippen LogP contribution is 2.31. The van der Waals surface area contributed by atoms with E-state index in [1.165, 1.54) is 0 Å². The van der Waals surface area contributed by atoms with Gasteiger partial charge in [-0.15, -0.1) is 10.2 Å². The van der Waals surface area contributed by atoms with E-state index in [-0.39, 0.29) is 5.92 Å². The van der Waals surface area contributed by atoms with Crippen LogP contribution in [-0.4, -0.2) is 41.9 Å². The van der Waals surface area contributed by atoms with Crippen LogP contribution < -0.4 is 0 Å². The van der Waals surface area contributed by atoms with Crippen LogP contribution in [0, 0.1) is 5.92 Å². The Morgan fingerprint density at radius 1 is 1.23 bits per heavy atom. The Bertz CT molecular complexity index is 799. The van der Waals surface area contributed by atoms with Crippen LogP contribution >= 0.6 is 0 Å². The van der Waals surface area contributed by atoms with Crippen molar-refractivity contribution in [2.75, 3.05) is 0 Å². The number of tetrazole rings is 1. The van der Waals surface area contributed by atoms with E-state index in [1.807, 2.05) is 30.5 Å². The summed E-state index contributed by atoms with van der Waals surface area (Å²) in [5.74, 6) is -1.23. The third kappa shape index (κ3) is 4.14. The van der Waals surface area contributed by atoms with Gasteiger partial charge in [0.2, 0.25) is 0 Å². The lowest BCUT2D eigenvalue weighted by Crippen LogP contribution is -2.25. The van der Waals surface area contributed by atoms with Crippen LogP contribution in [0.1, 0.15) is 43.5 Å². The maximum absolute atomic E-state index is 11.8. The summed E-state index contributed by atoms with van der Waals surface area (Å²) in [6.07, 6.45) is 6.54. The number of nitrogens with zero attached hydrogens (tertiary/aromatic N) is 4. The molecule has 0 aliphatic heterocycles. The quantitative estimate of drug-likeness (QED) is 0.543. The van der Waals surface area contributed by atoms with Crippen LogP contribution in [0.4, 0.5) is 0 Å². The van der Waals surface area contributed by atoms with E-state index < -0.39 is 11.9 Å². The molecular weight excluding hydrogens is 332 g/mol. The summed E-state index contributed by atoms with van der Waals surface area (Å²) in [6, 6.07) is 8.03.